The fourth-order valence-corrected chi connectivity index (χ4v) is 4.61. The van der Waals surface area contributed by atoms with Gasteiger partial charge in [0.25, 0.3) is 0 Å². The molecule has 0 bridgehead atoms. The van der Waals surface area contributed by atoms with Crippen molar-refractivity contribution in [2.75, 3.05) is 37.4 Å². The van der Waals surface area contributed by atoms with Crippen molar-refractivity contribution in [1.82, 2.24) is 9.88 Å². The number of piperidine rings is 1. The van der Waals surface area contributed by atoms with E-state index in [1.54, 1.807) is 25.3 Å². The number of amides is 2. The molecule has 1 atom stereocenters. The number of nitrogens with zero attached hydrogens (tertiary/aromatic N) is 2. The van der Waals surface area contributed by atoms with Crippen molar-refractivity contribution in [3.8, 4) is 5.75 Å². The van der Waals surface area contributed by atoms with Crippen molar-refractivity contribution in [3.05, 3.63) is 59.8 Å². The van der Waals surface area contributed by atoms with E-state index in [-0.39, 0.29) is 24.3 Å². The van der Waals surface area contributed by atoms with Gasteiger partial charge in [0, 0.05) is 29.6 Å². The number of aromatic nitrogens is 1. The second-order valence-corrected chi connectivity index (χ2v) is 9.06. The first kappa shape index (κ1) is 23.1. The summed E-state index contributed by atoms with van der Waals surface area (Å²) < 4.78 is 11.5. The second kappa shape index (κ2) is 9.93. The highest BCUT2D eigenvalue weighted by Crippen LogP contribution is 2.36. The summed E-state index contributed by atoms with van der Waals surface area (Å²) in [6.07, 6.45) is 3.08. The number of benzene rings is 2. The van der Waals surface area contributed by atoms with E-state index < -0.39 is 0 Å². The fraction of sp³-hybridized carbons (Fsp3) is 0.269. The van der Waals surface area contributed by atoms with E-state index in [4.69, 9.17) is 20.8 Å². The number of carbonyl (C=O) groups is 2. The third kappa shape index (κ3) is 5.08. The minimum atomic E-state index is -0.226. The summed E-state index contributed by atoms with van der Waals surface area (Å²) in [6.45, 7) is 1.41. The van der Waals surface area contributed by atoms with Crippen LogP contribution < -0.4 is 15.4 Å². The monoisotopic (exact) mass is 492 g/mol. The summed E-state index contributed by atoms with van der Waals surface area (Å²) in [5.41, 5.74) is 2.00. The molecular formula is C26H25ClN4O4. The molecule has 8 nitrogen and oxygen atoms in total. The van der Waals surface area contributed by atoms with Crippen LogP contribution in [0.1, 0.15) is 12.8 Å². The number of ether oxygens (including phenoxy) is 1. The average molecular weight is 493 g/mol. The molecule has 1 fully saturated rings. The molecule has 0 aliphatic carbocycles. The summed E-state index contributed by atoms with van der Waals surface area (Å²) in [5.74, 6) is 0.502. The Morgan fingerprint density at radius 3 is 2.80 bits per heavy atom. The molecule has 35 heavy (non-hydrogen) atoms. The molecule has 9 heteroatoms. The number of likely N-dealkylation sites (tertiary alicyclic amines) is 1. The van der Waals surface area contributed by atoms with E-state index in [1.165, 1.54) is 6.20 Å². The lowest BCUT2D eigenvalue weighted by atomic mass is 9.97. The molecule has 2 aromatic heterocycles. The van der Waals surface area contributed by atoms with Crippen molar-refractivity contribution in [1.29, 1.82) is 0 Å². The highest BCUT2D eigenvalue weighted by molar-refractivity contribution is 6.30. The number of anilines is 2. The largest absolute Gasteiger partial charge is 0.495 e. The number of fused-ring (bicyclic) bond motifs is 3. The summed E-state index contributed by atoms with van der Waals surface area (Å²) in [6, 6.07) is 14.8. The molecule has 3 heterocycles. The minimum absolute atomic E-state index is 0.109. The number of carbonyl (C=O) groups excluding carboxylic acids is 2. The maximum Gasteiger partial charge on any atom is 0.238 e. The highest BCUT2D eigenvalue weighted by Gasteiger charge is 2.27. The predicted molar refractivity (Wildman–Crippen MR) is 136 cm³/mol. The predicted octanol–water partition coefficient (Wildman–Crippen LogP) is 4.93. The zero-order valence-corrected chi connectivity index (χ0v) is 20.0. The normalized spacial score (nSPS) is 16.3. The molecule has 1 aliphatic rings. The van der Waals surface area contributed by atoms with Gasteiger partial charge >= 0.3 is 0 Å². The molecule has 1 aliphatic heterocycles. The smallest absolute Gasteiger partial charge is 0.238 e. The van der Waals surface area contributed by atoms with Gasteiger partial charge in [-0.1, -0.05) is 29.8 Å². The van der Waals surface area contributed by atoms with Gasteiger partial charge in [0.05, 0.1) is 30.3 Å². The Labute approximate surface area is 207 Å². The van der Waals surface area contributed by atoms with Gasteiger partial charge in [0.15, 0.2) is 0 Å². The zero-order valence-electron chi connectivity index (χ0n) is 19.2. The average Bonchev–Trinajstić information content (AvgIpc) is 3.22. The molecular weight excluding hydrogens is 468 g/mol. The molecule has 180 valence electrons. The molecule has 2 aromatic carbocycles. The summed E-state index contributed by atoms with van der Waals surface area (Å²) in [5, 5.41) is 8.20. The third-order valence-electron chi connectivity index (χ3n) is 6.20. The first-order valence-corrected chi connectivity index (χ1v) is 11.8. The lowest BCUT2D eigenvalue weighted by molar-refractivity contribution is -0.123. The fourth-order valence-electron chi connectivity index (χ4n) is 4.50. The van der Waals surface area contributed by atoms with Crippen LogP contribution in [0.3, 0.4) is 0 Å². The summed E-state index contributed by atoms with van der Waals surface area (Å²) >= 11 is 5.86. The SMILES string of the molecule is COc1cc2c(cc1NC(=O)CN1CCCC(C(=O)Nc3ccc(Cl)cn3)C1)oc1ccccc12. The Kier molecular flexibility index (Phi) is 6.57. The first-order chi connectivity index (χ1) is 17.0. The van der Waals surface area contributed by atoms with Crippen LogP contribution in [-0.2, 0) is 9.59 Å². The van der Waals surface area contributed by atoms with E-state index >= 15 is 0 Å². The van der Waals surface area contributed by atoms with Crippen LogP contribution >= 0.6 is 11.6 Å². The molecule has 0 saturated carbocycles. The quantitative estimate of drug-likeness (QED) is 0.396. The Bertz CT molecular complexity index is 1390. The van der Waals surface area contributed by atoms with Crippen molar-refractivity contribution >= 4 is 56.9 Å². The topological polar surface area (TPSA) is 96.7 Å². The second-order valence-electron chi connectivity index (χ2n) is 8.62. The lowest BCUT2D eigenvalue weighted by Crippen LogP contribution is -2.44. The Balaban J connectivity index is 1.24. The Morgan fingerprint density at radius 1 is 1.14 bits per heavy atom. The highest BCUT2D eigenvalue weighted by atomic mass is 35.5. The number of rotatable bonds is 6. The summed E-state index contributed by atoms with van der Waals surface area (Å²) in [4.78, 5) is 31.7. The van der Waals surface area contributed by atoms with Gasteiger partial charge in [-0.25, -0.2) is 4.98 Å². The van der Waals surface area contributed by atoms with E-state index in [2.05, 4.69) is 15.6 Å². The number of nitrogens with one attached hydrogen (secondary N) is 2. The number of furan rings is 1. The van der Waals surface area contributed by atoms with E-state index in [0.29, 0.717) is 34.4 Å². The van der Waals surface area contributed by atoms with Crippen molar-refractivity contribution < 1.29 is 18.7 Å². The maximum absolute atomic E-state index is 12.9. The Morgan fingerprint density at radius 2 is 2.00 bits per heavy atom. The standard InChI is InChI=1S/C26H25ClN4O4/c1-34-23-11-19-18-6-2-3-7-21(18)35-22(19)12-20(23)29-25(32)15-31-10-4-5-16(14-31)26(33)30-24-9-8-17(27)13-28-24/h2-3,6-9,11-13,16H,4-5,10,14-15H2,1H3,(H,29,32)(H,28,30,33). The Hall–Kier alpha value is -3.62. The maximum atomic E-state index is 12.9. The van der Waals surface area contributed by atoms with Crippen LogP contribution in [0.5, 0.6) is 5.75 Å². The van der Waals surface area contributed by atoms with E-state index in [0.717, 1.165) is 35.7 Å². The van der Waals surface area contributed by atoms with Crippen LogP contribution in [0, 0.1) is 5.92 Å². The number of methoxy groups -OCH3 is 1. The first-order valence-electron chi connectivity index (χ1n) is 11.4. The molecule has 0 radical (unpaired) electrons. The molecule has 2 N–H and O–H groups in total. The number of hydrogen-bond donors (Lipinski definition) is 2. The van der Waals surface area contributed by atoms with E-state index in [9.17, 15) is 9.59 Å². The van der Waals surface area contributed by atoms with Gasteiger partial charge in [-0.05, 0) is 43.7 Å². The molecule has 0 spiro atoms. The zero-order chi connectivity index (χ0) is 24.4. The number of para-hydroxylation sites is 1. The van der Waals surface area contributed by atoms with Crippen molar-refractivity contribution in [2.24, 2.45) is 5.92 Å². The molecule has 2 amide bonds. The van der Waals surface area contributed by atoms with E-state index in [1.807, 2.05) is 35.2 Å². The van der Waals surface area contributed by atoms with Gasteiger partial charge in [-0.15, -0.1) is 0 Å². The summed E-state index contributed by atoms with van der Waals surface area (Å²) in [7, 11) is 1.57. The van der Waals surface area contributed by atoms with Crippen LogP contribution in [0.4, 0.5) is 11.5 Å². The van der Waals surface area contributed by atoms with Gasteiger partial charge in [0.2, 0.25) is 11.8 Å². The third-order valence-corrected chi connectivity index (χ3v) is 6.42. The van der Waals surface area contributed by atoms with Crippen LogP contribution in [0.25, 0.3) is 21.9 Å². The number of pyridine rings is 1. The van der Waals surface area contributed by atoms with Crippen molar-refractivity contribution in [3.63, 3.8) is 0 Å². The molecule has 1 unspecified atom stereocenters. The van der Waals surface area contributed by atoms with Crippen LogP contribution in [0.15, 0.2) is 59.1 Å². The molecule has 5 rings (SSSR count). The minimum Gasteiger partial charge on any atom is -0.495 e. The van der Waals surface area contributed by atoms with Gasteiger partial charge in [-0.2, -0.15) is 0 Å². The van der Waals surface area contributed by atoms with Crippen LogP contribution in [-0.4, -0.2) is 48.4 Å². The molecule has 1 saturated heterocycles. The lowest BCUT2D eigenvalue weighted by Gasteiger charge is -2.31. The van der Waals surface area contributed by atoms with Gasteiger partial charge < -0.3 is 19.8 Å². The van der Waals surface area contributed by atoms with Crippen molar-refractivity contribution in [2.45, 2.75) is 12.8 Å². The van der Waals surface area contributed by atoms with Gasteiger partial charge in [0.1, 0.15) is 22.7 Å². The molecule has 4 aromatic rings. The number of hydrogen-bond acceptors (Lipinski definition) is 6. The number of halogens is 1. The van der Waals surface area contributed by atoms with Gasteiger partial charge in [-0.3, -0.25) is 14.5 Å². The van der Waals surface area contributed by atoms with Crippen LogP contribution in [0.2, 0.25) is 5.02 Å².